The van der Waals surface area contributed by atoms with Gasteiger partial charge in [0.15, 0.2) is 38.9 Å². The van der Waals surface area contributed by atoms with E-state index in [0.717, 1.165) is 0 Å². The standard InChI is InChI=1S/C57H42N3O3P3/c61-64(46-25-7-1-8-26-46,47-27-9-2-10-28-47)52-37-19-22-43(40-52)55-58-56(44-23-20-38-53(41-44)65(62,48-29-11-3-12-30-48)49-31-13-4-14-32-49)60-57(59-55)45-24-21-39-54(42-45)66(63,50-33-15-5-16-34-50)51-35-17-6-18-36-51/h1-42H. The van der Waals surface area contributed by atoms with Crippen LogP contribution >= 0.6 is 21.4 Å². The van der Waals surface area contributed by atoms with Crippen LogP contribution in [0.4, 0.5) is 0 Å². The fourth-order valence-electron chi connectivity index (χ4n) is 8.46. The molecular formula is C57H42N3O3P3. The van der Waals surface area contributed by atoms with Crippen molar-refractivity contribution in [2.45, 2.75) is 0 Å². The number of hydrogen-bond donors (Lipinski definition) is 0. The lowest BCUT2D eigenvalue weighted by molar-refractivity contribution is 0.591. The van der Waals surface area contributed by atoms with Crippen LogP contribution in [-0.2, 0) is 13.7 Å². The molecule has 0 fully saturated rings. The maximum absolute atomic E-state index is 15.6. The molecule has 0 N–H and O–H groups in total. The lowest BCUT2D eigenvalue weighted by atomic mass is 10.1. The molecule has 0 atom stereocenters. The van der Waals surface area contributed by atoms with Gasteiger partial charge in [-0.2, -0.15) is 0 Å². The Morgan fingerprint density at radius 2 is 0.394 bits per heavy atom. The van der Waals surface area contributed by atoms with Crippen molar-refractivity contribution in [1.29, 1.82) is 0 Å². The van der Waals surface area contributed by atoms with Crippen LogP contribution in [0, 0.1) is 0 Å². The second kappa shape index (κ2) is 18.3. The highest BCUT2D eigenvalue weighted by atomic mass is 31.2. The van der Waals surface area contributed by atoms with Gasteiger partial charge in [-0.3, -0.25) is 0 Å². The first-order valence-electron chi connectivity index (χ1n) is 21.6. The zero-order valence-corrected chi connectivity index (χ0v) is 38.3. The molecule has 9 heteroatoms. The van der Waals surface area contributed by atoms with Crippen LogP contribution in [0.3, 0.4) is 0 Å². The summed E-state index contributed by atoms with van der Waals surface area (Å²) in [4.78, 5) is 15.4. The van der Waals surface area contributed by atoms with Crippen molar-refractivity contribution >= 4 is 69.2 Å². The fourth-order valence-corrected chi connectivity index (χ4v) is 16.5. The summed E-state index contributed by atoms with van der Waals surface area (Å²) in [5.41, 5.74) is 1.90. The van der Waals surface area contributed by atoms with Gasteiger partial charge in [-0.25, -0.2) is 15.0 Å². The largest absolute Gasteiger partial charge is 0.309 e. The highest BCUT2D eigenvalue weighted by molar-refractivity contribution is 7.86. The SMILES string of the molecule is O=P(c1ccccc1)(c1ccccc1)c1cccc(-c2nc(-c3cccc(P(=O)(c4ccccc4)c4ccccc4)c3)nc(-c3cccc(P(=O)(c4ccccc4)c4ccccc4)c3)n2)c1. The van der Waals surface area contributed by atoms with E-state index in [1.807, 2.05) is 255 Å². The molecule has 0 aliphatic carbocycles. The molecule has 0 saturated heterocycles. The zero-order chi connectivity index (χ0) is 45.0. The fraction of sp³-hybridized carbons (Fsp3) is 0. The molecule has 0 saturated carbocycles. The molecule has 0 amide bonds. The van der Waals surface area contributed by atoms with E-state index in [2.05, 4.69) is 0 Å². The number of nitrogens with zero attached hydrogens (tertiary/aromatic N) is 3. The van der Waals surface area contributed by atoms with Gasteiger partial charge in [0.25, 0.3) is 0 Å². The summed E-state index contributed by atoms with van der Waals surface area (Å²) in [6.07, 6.45) is 0. The minimum Gasteiger partial charge on any atom is -0.309 e. The van der Waals surface area contributed by atoms with Crippen LogP contribution in [0.2, 0.25) is 0 Å². The van der Waals surface area contributed by atoms with Crippen LogP contribution < -0.4 is 47.7 Å². The molecule has 0 spiro atoms. The molecule has 10 aromatic rings. The smallest absolute Gasteiger partial charge is 0.171 e. The van der Waals surface area contributed by atoms with Gasteiger partial charge in [0, 0.05) is 64.4 Å². The van der Waals surface area contributed by atoms with E-state index >= 15 is 13.7 Å². The Morgan fingerprint density at radius 1 is 0.212 bits per heavy atom. The van der Waals surface area contributed by atoms with Crippen LogP contribution in [-0.4, -0.2) is 15.0 Å². The quantitative estimate of drug-likeness (QED) is 0.114. The van der Waals surface area contributed by atoms with Crippen molar-refractivity contribution in [2.24, 2.45) is 0 Å². The summed E-state index contributed by atoms with van der Waals surface area (Å²) < 4.78 is 46.8. The molecular weight excluding hydrogens is 868 g/mol. The Hall–Kier alpha value is -7.32. The number of aromatic nitrogens is 3. The van der Waals surface area contributed by atoms with E-state index in [9.17, 15) is 0 Å². The van der Waals surface area contributed by atoms with Gasteiger partial charge in [-0.15, -0.1) is 0 Å². The average Bonchev–Trinajstić information content (AvgIpc) is 3.41. The van der Waals surface area contributed by atoms with Crippen LogP contribution in [0.5, 0.6) is 0 Å². The summed E-state index contributed by atoms with van der Waals surface area (Å²) in [5, 5.41) is 6.14. The third kappa shape index (κ3) is 7.95. The monoisotopic (exact) mass is 909 g/mol. The Kier molecular flexibility index (Phi) is 11.8. The summed E-state index contributed by atoms with van der Waals surface area (Å²) in [6.45, 7) is 0. The molecule has 318 valence electrons. The minimum atomic E-state index is -3.36. The maximum atomic E-state index is 15.6. The molecule has 0 unspecified atom stereocenters. The van der Waals surface area contributed by atoms with Gasteiger partial charge in [-0.1, -0.05) is 237 Å². The predicted molar refractivity (Wildman–Crippen MR) is 274 cm³/mol. The molecule has 1 heterocycles. The Bertz CT molecular complexity index is 2940. The highest BCUT2D eigenvalue weighted by Gasteiger charge is 2.33. The van der Waals surface area contributed by atoms with Gasteiger partial charge in [-0.05, 0) is 18.2 Å². The van der Waals surface area contributed by atoms with Crippen molar-refractivity contribution in [1.82, 2.24) is 15.0 Å². The average molecular weight is 910 g/mol. The first-order valence-corrected chi connectivity index (χ1v) is 26.7. The normalized spacial score (nSPS) is 11.8. The zero-order valence-electron chi connectivity index (χ0n) is 35.7. The molecule has 1 aromatic heterocycles. The van der Waals surface area contributed by atoms with Crippen molar-refractivity contribution in [3.05, 3.63) is 255 Å². The molecule has 10 rings (SSSR count). The topological polar surface area (TPSA) is 89.9 Å². The summed E-state index contributed by atoms with van der Waals surface area (Å²) >= 11 is 0. The third-order valence-electron chi connectivity index (χ3n) is 11.8. The number of hydrogen-bond acceptors (Lipinski definition) is 6. The molecule has 0 aliphatic heterocycles. The van der Waals surface area contributed by atoms with E-state index in [1.54, 1.807) is 0 Å². The maximum Gasteiger partial charge on any atom is 0.171 e. The van der Waals surface area contributed by atoms with Gasteiger partial charge < -0.3 is 13.7 Å². The van der Waals surface area contributed by atoms with E-state index in [0.29, 0.717) is 81.9 Å². The molecule has 0 aliphatic rings. The lowest BCUT2D eigenvalue weighted by Gasteiger charge is -2.21. The second-order valence-corrected chi connectivity index (χ2v) is 24.1. The summed E-state index contributed by atoms with van der Waals surface area (Å²) in [7, 11) is -10.1. The van der Waals surface area contributed by atoms with Crippen molar-refractivity contribution in [3.63, 3.8) is 0 Å². The van der Waals surface area contributed by atoms with Crippen LogP contribution in [0.25, 0.3) is 34.2 Å². The van der Waals surface area contributed by atoms with Crippen LogP contribution in [0.1, 0.15) is 0 Å². The highest BCUT2D eigenvalue weighted by Crippen LogP contribution is 2.45. The Balaban J connectivity index is 1.18. The van der Waals surface area contributed by atoms with E-state index in [1.165, 1.54) is 0 Å². The van der Waals surface area contributed by atoms with E-state index < -0.39 is 21.4 Å². The summed E-state index contributed by atoms with van der Waals surface area (Å²) in [6, 6.07) is 80.2. The van der Waals surface area contributed by atoms with Crippen molar-refractivity contribution in [3.8, 4) is 34.2 Å². The third-order valence-corrected chi connectivity index (χ3v) is 20.9. The number of rotatable bonds is 12. The molecule has 0 bridgehead atoms. The van der Waals surface area contributed by atoms with Gasteiger partial charge in [0.2, 0.25) is 0 Å². The first-order chi connectivity index (χ1) is 32.3. The molecule has 66 heavy (non-hydrogen) atoms. The second-order valence-electron chi connectivity index (χ2n) is 15.8. The van der Waals surface area contributed by atoms with Crippen molar-refractivity contribution < 1.29 is 13.7 Å². The van der Waals surface area contributed by atoms with Crippen LogP contribution in [0.15, 0.2) is 255 Å². The van der Waals surface area contributed by atoms with Gasteiger partial charge in [0.1, 0.15) is 0 Å². The molecule has 0 radical (unpaired) electrons. The number of benzene rings is 9. The minimum absolute atomic E-state index is 0.351. The van der Waals surface area contributed by atoms with Gasteiger partial charge in [0.05, 0.1) is 0 Å². The summed E-state index contributed by atoms with van der Waals surface area (Å²) in [5.74, 6) is 1.05. The van der Waals surface area contributed by atoms with E-state index in [4.69, 9.17) is 15.0 Å². The molecule has 6 nitrogen and oxygen atoms in total. The Labute approximate surface area is 384 Å². The van der Waals surface area contributed by atoms with E-state index in [-0.39, 0.29) is 0 Å². The first kappa shape index (κ1) is 42.6. The Morgan fingerprint density at radius 3 is 0.591 bits per heavy atom. The van der Waals surface area contributed by atoms with Gasteiger partial charge >= 0.3 is 0 Å². The van der Waals surface area contributed by atoms with Crippen molar-refractivity contribution in [2.75, 3.05) is 0 Å². The molecule has 9 aromatic carbocycles. The predicted octanol–water partition coefficient (Wildman–Crippen LogP) is 9.79. The lowest BCUT2D eigenvalue weighted by Crippen LogP contribution is -2.25.